The first kappa shape index (κ1) is 36.7. The summed E-state index contributed by atoms with van der Waals surface area (Å²) in [7, 11) is -14.1. The van der Waals surface area contributed by atoms with Gasteiger partial charge in [0.2, 0.25) is 0 Å². The number of aromatic nitrogens is 1. The topological polar surface area (TPSA) is 207 Å². The molecule has 1 aliphatic heterocycles. The fourth-order valence-corrected chi connectivity index (χ4v) is 6.92. The second kappa shape index (κ2) is 16.0. The van der Waals surface area contributed by atoms with Crippen LogP contribution in [0, 0.1) is 38.6 Å². The Morgan fingerprint density at radius 3 is 1.50 bits per heavy atom. The van der Waals surface area contributed by atoms with Gasteiger partial charge in [0.05, 0.1) is 30.1 Å². The number of halogens is 1. The molecule has 3 atom stereocenters. The van der Waals surface area contributed by atoms with Gasteiger partial charge in [-0.25, -0.2) is 0 Å². The second-order valence-corrected chi connectivity index (χ2v) is 14.7. The summed E-state index contributed by atoms with van der Waals surface area (Å²) in [6.45, 7) is 1.46. The SMILES string of the molecule is O=P([O-])(O)CN1CCN(Cc2ccc3cc(Cl)ccc3n2)CCN(CP(=O)([O-])O)CCN(CP(=O)([O-])O)CC1.[Tb+3]. The van der Waals surface area contributed by atoms with Crippen LogP contribution in [-0.4, -0.2) is 110 Å². The number of fused-ring (bicyclic) bond motifs is 1. The predicted octanol–water partition coefficient (Wildman–Crippen LogP) is -0.881. The van der Waals surface area contributed by atoms with Crippen molar-refractivity contribution < 1.29 is 81.7 Å². The molecule has 14 nitrogen and oxygen atoms in total. The molecule has 226 valence electrons. The van der Waals surface area contributed by atoms with Crippen molar-refractivity contribution in [2.75, 3.05) is 71.2 Å². The van der Waals surface area contributed by atoms with Crippen LogP contribution in [0.4, 0.5) is 0 Å². The summed E-state index contributed by atoms with van der Waals surface area (Å²) in [5, 5.41) is 1.44. The maximum atomic E-state index is 11.7. The Balaban J connectivity index is 0.00000560. The van der Waals surface area contributed by atoms with E-state index in [0.717, 1.165) is 10.9 Å². The number of hydrogen-bond acceptors (Lipinski definition) is 11. The molecular formula is C21H32ClN5O9P3Tb. The minimum atomic E-state index is -4.72. The van der Waals surface area contributed by atoms with Gasteiger partial charge in [-0.1, -0.05) is 17.7 Å². The Morgan fingerprint density at radius 2 is 1.10 bits per heavy atom. The van der Waals surface area contributed by atoms with E-state index in [-0.39, 0.29) is 77.9 Å². The van der Waals surface area contributed by atoms with Crippen LogP contribution in [0.25, 0.3) is 10.9 Å². The van der Waals surface area contributed by atoms with E-state index in [1.54, 1.807) is 18.2 Å². The van der Waals surface area contributed by atoms with Crippen molar-refractivity contribution in [3.05, 3.63) is 41.0 Å². The molecule has 0 aliphatic carbocycles. The van der Waals surface area contributed by atoms with E-state index in [4.69, 9.17) is 11.6 Å². The molecule has 1 fully saturated rings. The number of hydrogen-bond donors (Lipinski definition) is 3. The fraction of sp³-hybridized carbons (Fsp3) is 0.571. The summed E-state index contributed by atoms with van der Waals surface area (Å²) in [5.41, 5.74) is 1.44. The molecule has 3 rings (SSSR count). The minimum Gasteiger partial charge on any atom is -0.778 e. The number of rotatable bonds is 8. The van der Waals surface area contributed by atoms with Gasteiger partial charge < -0.3 is 43.1 Å². The molecule has 19 heteroatoms. The van der Waals surface area contributed by atoms with Gasteiger partial charge in [0, 0.05) is 69.3 Å². The van der Waals surface area contributed by atoms with Crippen molar-refractivity contribution in [2.45, 2.75) is 6.54 Å². The number of pyridine rings is 1. The van der Waals surface area contributed by atoms with Gasteiger partial charge in [-0.05, 0) is 24.3 Å². The maximum Gasteiger partial charge on any atom is 3.00 e. The van der Waals surface area contributed by atoms with E-state index >= 15 is 0 Å². The van der Waals surface area contributed by atoms with Gasteiger partial charge in [0.1, 0.15) is 22.8 Å². The molecule has 1 saturated heterocycles. The average molecular weight is 786 g/mol. The first-order valence-electron chi connectivity index (χ1n) is 12.1. The van der Waals surface area contributed by atoms with Crippen molar-refractivity contribution in [2.24, 2.45) is 0 Å². The van der Waals surface area contributed by atoms with E-state index in [2.05, 4.69) is 4.98 Å². The molecule has 0 spiro atoms. The summed E-state index contributed by atoms with van der Waals surface area (Å²) in [6, 6.07) is 9.02. The Labute approximate surface area is 268 Å². The Kier molecular flexibility index (Phi) is 14.7. The second-order valence-electron chi connectivity index (χ2n) is 9.61. The minimum absolute atomic E-state index is 0. The summed E-state index contributed by atoms with van der Waals surface area (Å²) >= 11 is 6.05. The van der Waals surface area contributed by atoms with Crippen molar-refractivity contribution in [3.8, 4) is 0 Å². The van der Waals surface area contributed by atoms with Gasteiger partial charge >= 0.3 is 38.6 Å². The van der Waals surface area contributed by atoms with Crippen LogP contribution in [0.15, 0.2) is 30.3 Å². The largest absolute Gasteiger partial charge is 3.00 e. The van der Waals surface area contributed by atoms with Gasteiger partial charge in [0.25, 0.3) is 0 Å². The zero-order valence-electron chi connectivity index (χ0n) is 21.5. The summed E-state index contributed by atoms with van der Waals surface area (Å²) in [6.07, 6.45) is -2.01. The van der Waals surface area contributed by atoms with Gasteiger partial charge in [-0.3, -0.25) is 24.6 Å². The molecule has 3 unspecified atom stereocenters. The third-order valence-corrected chi connectivity index (χ3v) is 8.67. The van der Waals surface area contributed by atoms with Crippen LogP contribution in [0.2, 0.25) is 5.02 Å². The first-order valence-corrected chi connectivity index (χ1v) is 17.7. The molecule has 40 heavy (non-hydrogen) atoms. The van der Waals surface area contributed by atoms with Crippen LogP contribution in [-0.2, 0) is 20.2 Å². The average Bonchev–Trinajstić information content (AvgIpc) is 2.78. The third kappa shape index (κ3) is 14.3. The van der Waals surface area contributed by atoms with Crippen LogP contribution in [0.3, 0.4) is 0 Å². The molecule has 2 aromatic rings. The van der Waals surface area contributed by atoms with Crippen LogP contribution in [0.5, 0.6) is 0 Å². The Hall–Kier alpha value is 0.496. The Morgan fingerprint density at radius 1 is 0.700 bits per heavy atom. The van der Waals surface area contributed by atoms with Gasteiger partial charge in [0.15, 0.2) is 0 Å². The van der Waals surface area contributed by atoms with Crippen molar-refractivity contribution >= 4 is 45.3 Å². The van der Waals surface area contributed by atoms with E-state index in [9.17, 15) is 43.1 Å². The summed E-state index contributed by atoms with van der Waals surface area (Å²) in [5.74, 6) is 0. The van der Waals surface area contributed by atoms with Crippen LogP contribution < -0.4 is 14.7 Å². The summed E-state index contributed by atoms with van der Waals surface area (Å²) in [4.78, 5) is 74.0. The Bertz CT molecular complexity index is 1220. The smallest absolute Gasteiger partial charge is 0.778 e. The van der Waals surface area contributed by atoms with E-state index in [0.29, 0.717) is 30.4 Å². The molecule has 1 aromatic carbocycles. The monoisotopic (exact) mass is 785 g/mol. The van der Waals surface area contributed by atoms with E-state index in [1.165, 1.54) is 14.7 Å². The maximum absolute atomic E-state index is 11.7. The van der Waals surface area contributed by atoms with Crippen LogP contribution >= 0.6 is 34.4 Å². The molecule has 1 aromatic heterocycles. The molecule has 0 bridgehead atoms. The third-order valence-electron chi connectivity index (χ3n) is 6.16. The molecule has 3 N–H and O–H groups in total. The predicted molar refractivity (Wildman–Crippen MR) is 141 cm³/mol. The molecule has 1 aliphatic rings. The molecular weight excluding hydrogens is 754 g/mol. The molecule has 2 heterocycles. The fourth-order valence-electron chi connectivity index (χ4n) is 4.37. The normalized spacial score (nSPS) is 22.3. The zero-order chi connectivity index (χ0) is 28.8. The van der Waals surface area contributed by atoms with Gasteiger partial charge in [-0.15, -0.1) is 0 Å². The van der Waals surface area contributed by atoms with Crippen molar-refractivity contribution in [1.29, 1.82) is 0 Å². The standard InChI is InChI=1S/C21H35ClN5O9P3.Tb/c22-19-2-4-21-18(13-19)1-3-20(23-21)14-24-5-7-25(15-37(28,29)30)9-11-27(17-39(34,35)36)12-10-26(8-6-24)16-38(31,32)33;/h1-4,13H,5-12,14-17H2,(H2,28,29,30)(H2,31,32,33)(H2,34,35,36);/q;+3/p-3. The zero-order valence-corrected chi connectivity index (χ0v) is 27.0. The quantitative estimate of drug-likeness (QED) is 0.278. The molecule has 0 radical (unpaired) electrons. The van der Waals surface area contributed by atoms with E-state index < -0.39 is 41.6 Å². The van der Waals surface area contributed by atoms with Crippen molar-refractivity contribution in [1.82, 2.24) is 24.6 Å². The number of benzene rings is 1. The van der Waals surface area contributed by atoms with Crippen molar-refractivity contribution in [3.63, 3.8) is 0 Å². The first-order chi connectivity index (χ1) is 18.0. The number of nitrogens with zero attached hydrogens (tertiary/aromatic N) is 5. The van der Waals surface area contributed by atoms with E-state index in [1.807, 2.05) is 17.0 Å². The molecule has 0 amide bonds. The summed E-state index contributed by atoms with van der Waals surface area (Å²) < 4.78 is 34.8. The van der Waals surface area contributed by atoms with Crippen LogP contribution in [0.1, 0.15) is 5.69 Å². The van der Waals surface area contributed by atoms with Gasteiger partial charge in [-0.2, -0.15) is 0 Å². The molecule has 0 saturated carbocycles.